The van der Waals surface area contributed by atoms with Crippen LogP contribution in [0.3, 0.4) is 0 Å². The third kappa shape index (κ3) is 2.02. The first-order valence-electron chi connectivity index (χ1n) is 4.84. The molecule has 3 heteroatoms. The van der Waals surface area contributed by atoms with Crippen molar-refractivity contribution in [2.45, 2.75) is 20.8 Å². The van der Waals surface area contributed by atoms with E-state index in [0.717, 1.165) is 24.5 Å². The number of pyridine rings is 1. The van der Waals surface area contributed by atoms with Gasteiger partial charge in [0.05, 0.1) is 5.56 Å². The van der Waals surface area contributed by atoms with E-state index in [0.29, 0.717) is 5.56 Å². The van der Waals surface area contributed by atoms with Crippen molar-refractivity contribution in [2.24, 2.45) is 0 Å². The van der Waals surface area contributed by atoms with E-state index in [1.807, 2.05) is 13.0 Å². The Morgan fingerprint density at radius 3 is 2.50 bits per heavy atom. The highest BCUT2D eigenvalue weighted by molar-refractivity contribution is 5.49. The van der Waals surface area contributed by atoms with E-state index in [-0.39, 0.29) is 0 Å². The third-order valence-electron chi connectivity index (χ3n) is 2.24. The molecule has 14 heavy (non-hydrogen) atoms. The third-order valence-corrected chi connectivity index (χ3v) is 2.24. The number of aryl methyl sites for hydroxylation is 1. The Bertz CT molecular complexity index is 348. The van der Waals surface area contributed by atoms with Gasteiger partial charge in [0.1, 0.15) is 11.9 Å². The van der Waals surface area contributed by atoms with Gasteiger partial charge in [-0.05, 0) is 32.4 Å². The molecule has 0 aromatic carbocycles. The molecule has 0 bridgehead atoms. The van der Waals surface area contributed by atoms with Crippen LogP contribution in [0.1, 0.15) is 25.0 Å². The Hall–Kier alpha value is -1.56. The quantitative estimate of drug-likeness (QED) is 0.731. The van der Waals surface area contributed by atoms with Crippen LogP contribution in [0.2, 0.25) is 0 Å². The lowest BCUT2D eigenvalue weighted by atomic mass is 10.2. The van der Waals surface area contributed by atoms with Crippen LogP contribution < -0.4 is 4.90 Å². The Morgan fingerprint density at radius 2 is 2.07 bits per heavy atom. The smallest absolute Gasteiger partial charge is 0.131 e. The summed E-state index contributed by atoms with van der Waals surface area (Å²) in [6.45, 7) is 8.07. The van der Waals surface area contributed by atoms with Crippen LogP contribution in [-0.4, -0.2) is 18.1 Å². The van der Waals surface area contributed by atoms with E-state index < -0.39 is 0 Å². The van der Waals surface area contributed by atoms with Gasteiger partial charge in [-0.1, -0.05) is 0 Å². The van der Waals surface area contributed by atoms with Gasteiger partial charge in [0.2, 0.25) is 0 Å². The minimum absolute atomic E-state index is 0.624. The van der Waals surface area contributed by atoms with Crippen molar-refractivity contribution in [3.63, 3.8) is 0 Å². The predicted molar refractivity (Wildman–Crippen MR) is 57.3 cm³/mol. The molecule has 1 aromatic heterocycles. The summed E-state index contributed by atoms with van der Waals surface area (Å²) in [7, 11) is 0. The molecule has 0 aliphatic carbocycles. The number of rotatable bonds is 3. The minimum Gasteiger partial charge on any atom is -0.357 e. The van der Waals surface area contributed by atoms with Gasteiger partial charge < -0.3 is 4.90 Å². The summed E-state index contributed by atoms with van der Waals surface area (Å²) in [5.41, 5.74) is 1.69. The summed E-state index contributed by atoms with van der Waals surface area (Å²) in [6, 6.07) is 3.96. The Labute approximate surface area is 85.0 Å². The number of nitriles is 1. The van der Waals surface area contributed by atoms with Crippen molar-refractivity contribution in [1.82, 2.24) is 4.98 Å². The van der Waals surface area contributed by atoms with Crippen LogP contribution in [0.15, 0.2) is 12.3 Å². The van der Waals surface area contributed by atoms with Gasteiger partial charge >= 0.3 is 0 Å². The second kappa shape index (κ2) is 4.61. The van der Waals surface area contributed by atoms with Gasteiger partial charge in [-0.15, -0.1) is 0 Å². The zero-order chi connectivity index (χ0) is 10.6. The Morgan fingerprint density at radius 1 is 1.43 bits per heavy atom. The summed E-state index contributed by atoms with van der Waals surface area (Å²) in [5, 5.41) is 8.70. The Balaban J connectivity index is 3.05. The van der Waals surface area contributed by atoms with Gasteiger partial charge in [-0.3, -0.25) is 0 Å². The molecule has 0 atom stereocenters. The molecule has 0 fully saturated rings. The summed E-state index contributed by atoms with van der Waals surface area (Å²) < 4.78 is 0. The molecule has 0 amide bonds. The SMILES string of the molecule is CCN(CC)c1ncc(C#N)cc1C. The van der Waals surface area contributed by atoms with E-state index in [1.165, 1.54) is 0 Å². The first-order valence-corrected chi connectivity index (χ1v) is 4.84. The molecule has 0 N–H and O–H groups in total. The van der Waals surface area contributed by atoms with E-state index in [9.17, 15) is 0 Å². The molecule has 0 aliphatic rings. The molecular formula is C11H15N3. The van der Waals surface area contributed by atoms with E-state index in [1.54, 1.807) is 6.20 Å². The predicted octanol–water partition coefficient (Wildman–Crippen LogP) is 2.11. The lowest BCUT2D eigenvalue weighted by Gasteiger charge is -2.21. The van der Waals surface area contributed by atoms with Crippen LogP contribution >= 0.6 is 0 Å². The summed E-state index contributed by atoms with van der Waals surface area (Å²) in [4.78, 5) is 6.47. The summed E-state index contributed by atoms with van der Waals surface area (Å²) >= 11 is 0. The van der Waals surface area contributed by atoms with Gasteiger partial charge in [0, 0.05) is 19.3 Å². The summed E-state index contributed by atoms with van der Waals surface area (Å²) in [5.74, 6) is 0.981. The monoisotopic (exact) mass is 189 g/mol. The fourth-order valence-electron chi connectivity index (χ4n) is 1.48. The molecule has 3 nitrogen and oxygen atoms in total. The fourth-order valence-corrected chi connectivity index (χ4v) is 1.48. The molecule has 0 unspecified atom stereocenters. The highest BCUT2D eigenvalue weighted by Gasteiger charge is 2.07. The molecule has 0 radical (unpaired) electrons. The number of nitrogens with zero attached hydrogens (tertiary/aromatic N) is 3. The van der Waals surface area contributed by atoms with Gasteiger partial charge in [-0.2, -0.15) is 5.26 Å². The van der Waals surface area contributed by atoms with E-state index in [2.05, 4.69) is 29.8 Å². The first kappa shape index (κ1) is 10.5. The molecule has 0 saturated carbocycles. The number of hydrogen-bond acceptors (Lipinski definition) is 3. The average molecular weight is 189 g/mol. The topological polar surface area (TPSA) is 39.9 Å². The van der Waals surface area contributed by atoms with Gasteiger partial charge in [0.15, 0.2) is 0 Å². The first-order chi connectivity index (χ1) is 6.72. The highest BCUT2D eigenvalue weighted by atomic mass is 15.2. The average Bonchev–Trinajstić information content (AvgIpc) is 2.22. The maximum atomic E-state index is 8.70. The lowest BCUT2D eigenvalue weighted by molar-refractivity contribution is 0.840. The molecular weight excluding hydrogens is 174 g/mol. The molecule has 1 aromatic rings. The number of anilines is 1. The molecule has 74 valence electrons. The standard InChI is InChI=1S/C11H15N3/c1-4-14(5-2)11-9(3)6-10(7-12)8-13-11/h6,8H,4-5H2,1-3H3. The second-order valence-corrected chi connectivity index (χ2v) is 3.15. The maximum Gasteiger partial charge on any atom is 0.131 e. The van der Waals surface area contributed by atoms with Crippen molar-refractivity contribution in [3.05, 3.63) is 23.4 Å². The molecule has 0 saturated heterocycles. The van der Waals surface area contributed by atoms with E-state index >= 15 is 0 Å². The zero-order valence-corrected chi connectivity index (χ0v) is 8.91. The van der Waals surface area contributed by atoms with Crippen LogP contribution in [0.25, 0.3) is 0 Å². The molecule has 1 heterocycles. The fraction of sp³-hybridized carbons (Fsp3) is 0.455. The molecule has 1 rings (SSSR count). The maximum absolute atomic E-state index is 8.70. The van der Waals surface area contributed by atoms with Crippen molar-refractivity contribution in [3.8, 4) is 6.07 Å². The second-order valence-electron chi connectivity index (χ2n) is 3.15. The molecule has 0 aliphatic heterocycles. The zero-order valence-electron chi connectivity index (χ0n) is 8.91. The van der Waals surface area contributed by atoms with Crippen LogP contribution in [-0.2, 0) is 0 Å². The minimum atomic E-state index is 0.624. The van der Waals surface area contributed by atoms with Crippen molar-refractivity contribution < 1.29 is 0 Å². The van der Waals surface area contributed by atoms with Gasteiger partial charge in [0.25, 0.3) is 0 Å². The van der Waals surface area contributed by atoms with E-state index in [4.69, 9.17) is 5.26 Å². The van der Waals surface area contributed by atoms with Crippen molar-refractivity contribution in [2.75, 3.05) is 18.0 Å². The molecule has 0 spiro atoms. The lowest BCUT2D eigenvalue weighted by Crippen LogP contribution is -2.23. The number of aromatic nitrogens is 1. The number of hydrogen-bond donors (Lipinski definition) is 0. The van der Waals surface area contributed by atoms with Gasteiger partial charge in [-0.25, -0.2) is 4.98 Å². The Kier molecular flexibility index (Phi) is 3.47. The highest BCUT2D eigenvalue weighted by Crippen LogP contribution is 2.16. The van der Waals surface area contributed by atoms with Crippen molar-refractivity contribution in [1.29, 1.82) is 5.26 Å². The van der Waals surface area contributed by atoms with Crippen LogP contribution in [0.4, 0.5) is 5.82 Å². The van der Waals surface area contributed by atoms with Crippen LogP contribution in [0.5, 0.6) is 0 Å². The summed E-state index contributed by atoms with van der Waals surface area (Å²) in [6.07, 6.45) is 1.63. The van der Waals surface area contributed by atoms with Crippen molar-refractivity contribution >= 4 is 5.82 Å². The largest absolute Gasteiger partial charge is 0.357 e. The van der Waals surface area contributed by atoms with Crippen LogP contribution in [0, 0.1) is 18.3 Å². The normalized spacial score (nSPS) is 9.57.